The molecule has 1 aliphatic heterocycles. The molecule has 11 aromatic rings. The van der Waals surface area contributed by atoms with Gasteiger partial charge in [-0.05, 0) is 104 Å². The van der Waals surface area contributed by atoms with Crippen LogP contribution in [0.1, 0.15) is 52.8 Å². The lowest BCUT2D eigenvalue weighted by Gasteiger charge is -2.30. The number of furan rings is 1. The van der Waals surface area contributed by atoms with Gasteiger partial charge in [-0.15, -0.1) is 0 Å². The van der Waals surface area contributed by atoms with E-state index in [9.17, 15) is 0 Å². The van der Waals surface area contributed by atoms with Crippen molar-refractivity contribution < 1.29 is 8.99 Å². The molecule has 0 amide bonds. The molecule has 0 fully saturated rings. The highest BCUT2D eigenvalue weighted by atomic mass is 16.3. The highest BCUT2D eigenvalue weighted by molar-refractivity contribution is 6.20. The van der Waals surface area contributed by atoms with Gasteiger partial charge in [-0.25, -0.2) is 4.58 Å². The first-order valence-electron chi connectivity index (χ1n) is 23.3. The Morgan fingerprint density at radius 1 is 0.493 bits per heavy atom. The molecule has 4 nitrogen and oxygen atoms in total. The van der Waals surface area contributed by atoms with E-state index in [1.807, 2.05) is 6.07 Å². The summed E-state index contributed by atoms with van der Waals surface area (Å²) in [7, 11) is 2.15. The minimum atomic E-state index is -0.442. The number of hydrogen-bond donors (Lipinski definition) is 0. The highest BCUT2D eigenvalue weighted by Gasteiger charge is 2.51. The van der Waals surface area contributed by atoms with Crippen molar-refractivity contribution in [1.82, 2.24) is 4.57 Å². The van der Waals surface area contributed by atoms with E-state index in [-0.39, 0.29) is 5.92 Å². The number of benzene rings is 9. The second kappa shape index (κ2) is 14.1. The van der Waals surface area contributed by atoms with Crippen molar-refractivity contribution in [1.29, 1.82) is 0 Å². The van der Waals surface area contributed by atoms with Gasteiger partial charge in [0.05, 0.1) is 23.5 Å². The summed E-state index contributed by atoms with van der Waals surface area (Å²) in [5.41, 5.74) is 21.9. The van der Waals surface area contributed by atoms with Crippen LogP contribution in [0.15, 0.2) is 221 Å². The van der Waals surface area contributed by atoms with Crippen LogP contribution in [0.2, 0.25) is 0 Å². The average Bonchev–Trinajstić information content (AvgIpc) is 4.08. The predicted molar refractivity (Wildman–Crippen MR) is 276 cm³/mol. The third-order valence-corrected chi connectivity index (χ3v) is 15.2. The summed E-state index contributed by atoms with van der Waals surface area (Å²) in [5, 5.41) is 4.66. The van der Waals surface area contributed by atoms with Gasteiger partial charge in [0, 0.05) is 44.3 Å². The van der Waals surface area contributed by atoms with Gasteiger partial charge in [0.15, 0.2) is 11.3 Å². The van der Waals surface area contributed by atoms with Crippen LogP contribution >= 0.6 is 0 Å². The number of hydrogen-bond acceptors (Lipinski definition) is 2. The van der Waals surface area contributed by atoms with Crippen LogP contribution in [0.3, 0.4) is 0 Å². The van der Waals surface area contributed by atoms with E-state index in [2.05, 4.69) is 230 Å². The molecule has 2 aliphatic carbocycles. The van der Waals surface area contributed by atoms with Crippen LogP contribution in [0.5, 0.6) is 0 Å². The summed E-state index contributed by atoms with van der Waals surface area (Å²) >= 11 is 0. The molecule has 67 heavy (non-hydrogen) atoms. The zero-order valence-electron chi connectivity index (χ0n) is 37.5. The molecule has 0 bridgehead atoms. The first-order chi connectivity index (χ1) is 33.0. The smallest absolute Gasteiger partial charge is 0.334 e. The lowest BCUT2D eigenvalue weighted by molar-refractivity contribution is -0.396. The summed E-state index contributed by atoms with van der Waals surface area (Å²) < 4.78 is 11.5. The summed E-state index contributed by atoms with van der Waals surface area (Å²) in [6, 6.07) is 75.7. The van der Waals surface area contributed by atoms with Crippen LogP contribution < -0.4 is 0 Å². The highest BCUT2D eigenvalue weighted by Crippen LogP contribution is 2.63. The number of amidine groups is 1. The van der Waals surface area contributed by atoms with Crippen molar-refractivity contribution in [2.45, 2.75) is 19.3 Å². The van der Waals surface area contributed by atoms with E-state index in [4.69, 9.17) is 9.41 Å². The predicted octanol–water partition coefficient (Wildman–Crippen LogP) is 15.0. The zero-order chi connectivity index (χ0) is 44.5. The van der Waals surface area contributed by atoms with E-state index in [1.54, 1.807) is 0 Å². The third-order valence-electron chi connectivity index (χ3n) is 15.2. The van der Waals surface area contributed by atoms with Crippen LogP contribution in [0.25, 0.3) is 77.4 Å². The van der Waals surface area contributed by atoms with Crippen LogP contribution in [-0.2, 0) is 5.41 Å². The van der Waals surface area contributed by atoms with E-state index < -0.39 is 5.41 Å². The minimum Gasteiger partial charge on any atom is -0.455 e. The summed E-state index contributed by atoms with van der Waals surface area (Å²) in [6.45, 7) is 4.58. The maximum atomic E-state index is 6.70. The first-order valence-corrected chi connectivity index (χ1v) is 23.3. The Hall–Kier alpha value is -8.34. The normalized spacial score (nSPS) is 15.9. The average molecular weight is 859 g/mol. The number of aromatic nitrogens is 1. The third kappa shape index (κ3) is 5.13. The Labute approximate surface area is 388 Å². The molecule has 2 aromatic heterocycles. The van der Waals surface area contributed by atoms with Gasteiger partial charge in [0.2, 0.25) is 0 Å². The molecule has 0 radical (unpaired) electrons. The second-order valence-corrected chi connectivity index (χ2v) is 18.5. The minimum absolute atomic E-state index is 0.0115. The number of allylic oxidation sites excluding steroid dienone is 1. The van der Waals surface area contributed by atoms with E-state index in [0.29, 0.717) is 0 Å². The summed E-state index contributed by atoms with van der Waals surface area (Å²) in [6.07, 6.45) is 0. The molecule has 0 N–H and O–H groups in total. The molecule has 3 aliphatic rings. The Morgan fingerprint density at radius 2 is 1.07 bits per heavy atom. The van der Waals surface area contributed by atoms with Crippen molar-refractivity contribution in [3.8, 4) is 27.9 Å². The van der Waals surface area contributed by atoms with E-state index >= 15 is 0 Å². The first kappa shape index (κ1) is 38.0. The maximum absolute atomic E-state index is 6.70. The van der Waals surface area contributed by atoms with Crippen molar-refractivity contribution in [2.24, 2.45) is 10.9 Å². The molecule has 9 aromatic carbocycles. The second-order valence-electron chi connectivity index (χ2n) is 18.5. The Balaban J connectivity index is 1.01. The van der Waals surface area contributed by atoms with Crippen molar-refractivity contribution in [2.75, 3.05) is 7.05 Å². The topological polar surface area (TPSA) is 33.4 Å². The lowest BCUT2D eigenvalue weighted by Crippen LogP contribution is -2.25. The van der Waals surface area contributed by atoms with E-state index in [0.717, 1.165) is 61.6 Å². The molecular weight excluding hydrogens is 815 g/mol. The standard InChI is InChI=1S/C63H44N3O/c1-38-39(2)60(40-19-5-4-6-20-40)65(3)62(49-29-18-28-48-47-27-11-16-34-58(47)67-61(48)49)64-59(38)41-21-17-22-42(35-41)66-56-33-15-10-26-46(56)51-36-50-45-25-9-14-32-54(45)63(55(50)37-57(51)66)52-30-12-7-23-43(52)44-24-8-13-31-53(44)63/h4-38H,1-3H3/q+1. The van der Waals surface area contributed by atoms with Crippen LogP contribution in [-0.4, -0.2) is 27.7 Å². The molecule has 0 saturated carbocycles. The molecule has 316 valence electrons. The Morgan fingerprint density at radius 3 is 1.82 bits per heavy atom. The molecule has 1 spiro atoms. The molecule has 14 rings (SSSR count). The van der Waals surface area contributed by atoms with Gasteiger partial charge in [-0.3, -0.25) is 0 Å². The molecular formula is C63H44N3O+. The van der Waals surface area contributed by atoms with Gasteiger partial charge in [0.25, 0.3) is 0 Å². The molecule has 0 saturated heterocycles. The summed E-state index contributed by atoms with van der Waals surface area (Å²) in [4.78, 5) is 5.78. The van der Waals surface area contributed by atoms with E-state index in [1.165, 1.54) is 71.9 Å². The van der Waals surface area contributed by atoms with Gasteiger partial charge in [-0.1, -0.05) is 171 Å². The fourth-order valence-electron chi connectivity index (χ4n) is 12.2. The SMILES string of the molecule is CC1=C(c2ccccc2)[N+](C)=C(c2cccc3c2oc2ccccc23)N=C(c2cccc(-n3c4ccccc4c4cc5c(cc43)C3(c4ccccc4-c4ccccc43)c3ccccc3-5)c2)C1C. The number of fused-ring (bicyclic) bond motifs is 16. The number of nitrogens with zero attached hydrogens (tertiary/aromatic N) is 3. The maximum Gasteiger partial charge on any atom is 0.334 e. The lowest BCUT2D eigenvalue weighted by atomic mass is 9.70. The monoisotopic (exact) mass is 858 g/mol. The number of para-hydroxylation sites is 3. The van der Waals surface area contributed by atoms with Crippen molar-refractivity contribution >= 4 is 61.0 Å². The summed E-state index contributed by atoms with van der Waals surface area (Å²) in [5.74, 6) is 0.838. The molecule has 1 unspecified atom stereocenters. The zero-order valence-corrected chi connectivity index (χ0v) is 37.5. The Bertz CT molecular complexity index is 3980. The largest absolute Gasteiger partial charge is 0.455 e. The van der Waals surface area contributed by atoms with Gasteiger partial charge in [0.1, 0.15) is 16.8 Å². The molecule has 4 heteroatoms. The van der Waals surface area contributed by atoms with Gasteiger partial charge >= 0.3 is 5.84 Å². The molecule has 3 heterocycles. The Kier molecular flexibility index (Phi) is 7.98. The van der Waals surface area contributed by atoms with Crippen molar-refractivity contribution in [3.63, 3.8) is 0 Å². The van der Waals surface area contributed by atoms with Crippen LogP contribution in [0, 0.1) is 5.92 Å². The number of aliphatic imine (C=N–C) groups is 1. The van der Waals surface area contributed by atoms with Gasteiger partial charge < -0.3 is 8.98 Å². The number of rotatable bonds is 4. The fraction of sp³-hybridized carbons (Fsp3) is 0.0794. The van der Waals surface area contributed by atoms with Gasteiger partial charge in [-0.2, -0.15) is 0 Å². The quantitative estimate of drug-likeness (QED) is 0.162. The van der Waals surface area contributed by atoms with Crippen LogP contribution in [0.4, 0.5) is 0 Å². The van der Waals surface area contributed by atoms with Crippen molar-refractivity contribution in [3.05, 3.63) is 251 Å². The molecule has 1 atom stereocenters. The fourth-order valence-corrected chi connectivity index (χ4v) is 12.2.